The topological polar surface area (TPSA) is 0 Å². The summed E-state index contributed by atoms with van der Waals surface area (Å²) in [5.74, 6) is 0. The van der Waals surface area contributed by atoms with E-state index in [4.69, 9.17) is 0 Å². The highest BCUT2D eigenvalue weighted by Crippen LogP contribution is 2.24. The van der Waals surface area contributed by atoms with Crippen LogP contribution in [0.2, 0.25) is 0 Å². The molecule has 2 aromatic carbocycles. The standard InChI is InChI=1S/C16H12/c1-2-6-12-11(5-1)13-7-3-9-15(13)16-10-4-8-14(12)16/h1-3,5-6,8-10H,4,7H2. The van der Waals surface area contributed by atoms with Crippen LogP contribution in [0.3, 0.4) is 0 Å². The van der Waals surface area contributed by atoms with Crippen LogP contribution >= 0.6 is 0 Å². The molecule has 0 radical (unpaired) electrons. The molecule has 0 aliphatic heterocycles. The SMILES string of the molecule is C1=Cc2c(c3ccccc3c3c2=CCC=3)C1. The second-order valence-electron chi connectivity index (χ2n) is 4.52. The molecule has 0 nitrogen and oxygen atoms in total. The lowest BCUT2D eigenvalue weighted by Gasteiger charge is -2.06. The second-order valence-corrected chi connectivity index (χ2v) is 4.52. The fourth-order valence-electron chi connectivity index (χ4n) is 3.02. The van der Waals surface area contributed by atoms with Crippen molar-refractivity contribution in [3.05, 3.63) is 51.9 Å². The van der Waals surface area contributed by atoms with Crippen LogP contribution in [-0.4, -0.2) is 0 Å². The first-order valence-electron chi connectivity index (χ1n) is 5.86. The monoisotopic (exact) mass is 204 g/mol. The van der Waals surface area contributed by atoms with E-state index in [1.165, 1.54) is 32.3 Å². The summed E-state index contributed by atoms with van der Waals surface area (Å²) in [6, 6.07) is 8.80. The number of rotatable bonds is 0. The Bertz CT molecular complexity index is 746. The number of benzene rings is 2. The quantitative estimate of drug-likeness (QED) is 0.618. The lowest BCUT2D eigenvalue weighted by Crippen LogP contribution is -2.26. The molecule has 2 aliphatic carbocycles. The molecule has 4 rings (SSSR count). The molecule has 0 fully saturated rings. The summed E-state index contributed by atoms with van der Waals surface area (Å²) in [4.78, 5) is 0. The van der Waals surface area contributed by atoms with Crippen molar-refractivity contribution in [3.63, 3.8) is 0 Å². The van der Waals surface area contributed by atoms with Crippen LogP contribution in [0, 0.1) is 0 Å². The van der Waals surface area contributed by atoms with Gasteiger partial charge >= 0.3 is 0 Å². The molecule has 0 aromatic heterocycles. The van der Waals surface area contributed by atoms with Gasteiger partial charge in [-0.2, -0.15) is 0 Å². The molecule has 0 bridgehead atoms. The molecule has 0 saturated heterocycles. The average molecular weight is 204 g/mol. The molecule has 0 spiro atoms. The molecule has 0 atom stereocenters. The van der Waals surface area contributed by atoms with E-state index in [2.05, 4.69) is 48.6 Å². The third-order valence-corrected chi connectivity index (χ3v) is 3.70. The van der Waals surface area contributed by atoms with E-state index in [-0.39, 0.29) is 0 Å². The van der Waals surface area contributed by atoms with Gasteiger partial charge in [-0.25, -0.2) is 0 Å². The summed E-state index contributed by atoms with van der Waals surface area (Å²) in [6.45, 7) is 0. The van der Waals surface area contributed by atoms with Crippen molar-refractivity contribution in [2.24, 2.45) is 0 Å². The van der Waals surface area contributed by atoms with Gasteiger partial charge in [-0.15, -0.1) is 0 Å². The Balaban J connectivity index is 2.40. The summed E-state index contributed by atoms with van der Waals surface area (Å²) in [6.07, 6.45) is 11.5. The van der Waals surface area contributed by atoms with Crippen LogP contribution < -0.4 is 10.4 Å². The molecule has 76 valence electrons. The molecule has 0 unspecified atom stereocenters. The maximum Gasteiger partial charge on any atom is -0.00818 e. The number of fused-ring (bicyclic) bond motifs is 6. The fraction of sp³-hybridized carbons (Fsp3) is 0.125. The summed E-state index contributed by atoms with van der Waals surface area (Å²) >= 11 is 0. The van der Waals surface area contributed by atoms with Gasteiger partial charge in [0, 0.05) is 0 Å². The fourth-order valence-corrected chi connectivity index (χ4v) is 3.02. The van der Waals surface area contributed by atoms with Crippen LogP contribution in [0.5, 0.6) is 0 Å². The number of hydrogen-bond acceptors (Lipinski definition) is 0. The smallest absolute Gasteiger partial charge is 0.00818 e. The third kappa shape index (κ3) is 0.898. The minimum atomic E-state index is 1.09. The first-order chi connectivity index (χ1) is 7.95. The second kappa shape index (κ2) is 2.85. The van der Waals surface area contributed by atoms with Crippen molar-refractivity contribution >= 4 is 29.0 Å². The van der Waals surface area contributed by atoms with Crippen molar-refractivity contribution in [1.29, 1.82) is 0 Å². The zero-order valence-corrected chi connectivity index (χ0v) is 9.03. The lowest BCUT2D eigenvalue weighted by atomic mass is 9.97. The van der Waals surface area contributed by atoms with Crippen LogP contribution in [-0.2, 0) is 6.42 Å². The third-order valence-electron chi connectivity index (χ3n) is 3.70. The van der Waals surface area contributed by atoms with Gasteiger partial charge in [-0.3, -0.25) is 0 Å². The number of hydrogen-bond donors (Lipinski definition) is 0. The Kier molecular flexibility index (Phi) is 1.49. The van der Waals surface area contributed by atoms with Gasteiger partial charge in [0.1, 0.15) is 0 Å². The minimum Gasteiger partial charge on any atom is -0.0795 e. The van der Waals surface area contributed by atoms with Gasteiger partial charge in [-0.05, 0) is 45.2 Å². The first kappa shape index (κ1) is 8.35. The Hall–Kier alpha value is -1.82. The molecule has 0 heteroatoms. The lowest BCUT2D eigenvalue weighted by molar-refractivity contribution is 1.33. The molecule has 2 aromatic rings. The van der Waals surface area contributed by atoms with Gasteiger partial charge in [0.15, 0.2) is 0 Å². The highest BCUT2D eigenvalue weighted by atomic mass is 14.2. The van der Waals surface area contributed by atoms with Crippen LogP contribution in [0.1, 0.15) is 17.5 Å². The van der Waals surface area contributed by atoms with E-state index in [1.807, 2.05) is 0 Å². The minimum absolute atomic E-state index is 1.09. The van der Waals surface area contributed by atoms with E-state index in [9.17, 15) is 0 Å². The Morgan fingerprint density at radius 1 is 0.875 bits per heavy atom. The average Bonchev–Trinajstić information content (AvgIpc) is 2.98. The maximum absolute atomic E-state index is 2.36. The molecule has 0 saturated carbocycles. The molecule has 16 heavy (non-hydrogen) atoms. The Morgan fingerprint density at radius 3 is 2.62 bits per heavy atom. The van der Waals surface area contributed by atoms with Crippen LogP contribution in [0.4, 0.5) is 0 Å². The normalized spacial score (nSPS) is 15.8. The van der Waals surface area contributed by atoms with Crippen molar-refractivity contribution in [1.82, 2.24) is 0 Å². The van der Waals surface area contributed by atoms with E-state index in [0.717, 1.165) is 12.8 Å². The molecule has 0 heterocycles. The summed E-state index contributed by atoms with van der Waals surface area (Å²) in [5.41, 5.74) is 2.98. The molecule has 0 amide bonds. The van der Waals surface area contributed by atoms with Gasteiger partial charge in [0.2, 0.25) is 0 Å². The molecular weight excluding hydrogens is 192 g/mol. The molecular formula is C16H12. The molecule has 2 aliphatic rings. The number of allylic oxidation sites excluding steroid dienone is 1. The molecule has 0 N–H and O–H groups in total. The Labute approximate surface area is 94.2 Å². The van der Waals surface area contributed by atoms with E-state index in [0.29, 0.717) is 0 Å². The van der Waals surface area contributed by atoms with Crippen molar-refractivity contribution in [2.75, 3.05) is 0 Å². The summed E-state index contributed by atoms with van der Waals surface area (Å²) in [7, 11) is 0. The highest BCUT2D eigenvalue weighted by Gasteiger charge is 2.13. The first-order valence-corrected chi connectivity index (χ1v) is 5.86. The Morgan fingerprint density at radius 2 is 1.69 bits per heavy atom. The van der Waals surface area contributed by atoms with Crippen molar-refractivity contribution in [2.45, 2.75) is 12.8 Å². The van der Waals surface area contributed by atoms with E-state index >= 15 is 0 Å². The predicted octanol–water partition coefficient (Wildman–Crippen LogP) is 2.37. The zero-order chi connectivity index (χ0) is 10.5. The summed E-state index contributed by atoms with van der Waals surface area (Å²) < 4.78 is 0. The van der Waals surface area contributed by atoms with E-state index in [1.54, 1.807) is 0 Å². The largest absolute Gasteiger partial charge is 0.0795 e. The van der Waals surface area contributed by atoms with Crippen LogP contribution in [0.25, 0.3) is 29.0 Å². The summed E-state index contributed by atoms with van der Waals surface area (Å²) in [5, 5.41) is 5.77. The van der Waals surface area contributed by atoms with Gasteiger partial charge in [0.25, 0.3) is 0 Å². The maximum atomic E-state index is 2.36. The highest BCUT2D eigenvalue weighted by molar-refractivity contribution is 5.92. The van der Waals surface area contributed by atoms with Crippen molar-refractivity contribution < 1.29 is 0 Å². The van der Waals surface area contributed by atoms with Crippen molar-refractivity contribution in [3.8, 4) is 0 Å². The van der Waals surface area contributed by atoms with Crippen LogP contribution in [0.15, 0.2) is 30.3 Å². The predicted molar refractivity (Wildman–Crippen MR) is 69.5 cm³/mol. The van der Waals surface area contributed by atoms with E-state index < -0.39 is 0 Å². The van der Waals surface area contributed by atoms with Gasteiger partial charge in [0.05, 0.1) is 0 Å². The zero-order valence-electron chi connectivity index (χ0n) is 9.03. The van der Waals surface area contributed by atoms with Gasteiger partial charge in [-0.1, -0.05) is 48.6 Å². The van der Waals surface area contributed by atoms with Gasteiger partial charge < -0.3 is 0 Å².